The number of rotatable bonds is 4. The fourth-order valence-corrected chi connectivity index (χ4v) is 5.81. The zero-order valence-corrected chi connectivity index (χ0v) is 15.3. The third kappa shape index (κ3) is 2.89. The van der Waals surface area contributed by atoms with Crippen LogP contribution in [-0.2, 0) is 10.0 Å². The van der Waals surface area contributed by atoms with Crippen molar-refractivity contribution in [2.45, 2.75) is 37.1 Å². The van der Waals surface area contributed by atoms with Crippen LogP contribution < -0.4 is 15.2 Å². The molecule has 1 aliphatic heterocycles. The first-order chi connectivity index (χ1) is 11.4. The van der Waals surface area contributed by atoms with Gasteiger partial charge in [-0.05, 0) is 43.2 Å². The third-order valence-corrected chi connectivity index (χ3v) is 7.39. The predicted octanol–water partition coefficient (Wildman–Crippen LogP) is 1.76. The van der Waals surface area contributed by atoms with Gasteiger partial charge in [0.05, 0.1) is 19.1 Å². The second-order valence-corrected chi connectivity index (χ2v) is 8.72. The summed E-state index contributed by atoms with van der Waals surface area (Å²) in [4.78, 5) is 0.285. The number of aryl methyl sites for hydroxylation is 1. The smallest absolute Gasteiger partial charge is 0.243 e. The van der Waals surface area contributed by atoms with Crippen LogP contribution in [0.5, 0.6) is 11.5 Å². The van der Waals surface area contributed by atoms with Crippen LogP contribution in [0.15, 0.2) is 17.0 Å². The van der Waals surface area contributed by atoms with Crippen molar-refractivity contribution in [3.05, 3.63) is 17.7 Å². The summed E-state index contributed by atoms with van der Waals surface area (Å²) in [5.74, 6) is 1.61. The molecule has 2 fully saturated rings. The molecule has 2 aliphatic rings. The van der Waals surface area contributed by atoms with Gasteiger partial charge in [-0.2, -0.15) is 4.31 Å². The molecule has 3 rings (SSSR count). The number of nitrogens with zero attached hydrogens (tertiary/aromatic N) is 1. The number of benzene rings is 1. The van der Waals surface area contributed by atoms with E-state index < -0.39 is 10.0 Å². The highest BCUT2D eigenvalue weighted by Crippen LogP contribution is 2.39. The first-order valence-corrected chi connectivity index (χ1v) is 9.80. The van der Waals surface area contributed by atoms with Gasteiger partial charge in [-0.15, -0.1) is 0 Å². The zero-order chi connectivity index (χ0) is 17.5. The summed E-state index contributed by atoms with van der Waals surface area (Å²) in [6.07, 6.45) is 3.14. The molecule has 1 saturated heterocycles. The van der Waals surface area contributed by atoms with E-state index in [0.29, 0.717) is 36.1 Å². The van der Waals surface area contributed by atoms with E-state index >= 15 is 0 Å². The van der Waals surface area contributed by atoms with Crippen LogP contribution >= 0.6 is 0 Å². The van der Waals surface area contributed by atoms with Gasteiger partial charge in [-0.3, -0.25) is 0 Å². The van der Waals surface area contributed by atoms with E-state index in [1.165, 1.54) is 14.2 Å². The molecule has 3 unspecified atom stereocenters. The van der Waals surface area contributed by atoms with Gasteiger partial charge in [0.15, 0.2) is 11.5 Å². The summed E-state index contributed by atoms with van der Waals surface area (Å²) in [6.45, 7) is 2.86. The van der Waals surface area contributed by atoms with E-state index in [9.17, 15) is 8.42 Å². The molecule has 1 saturated carbocycles. The topological polar surface area (TPSA) is 81.9 Å². The van der Waals surface area contributed by atoms with Crippen molar-refractivity contribution >= 4 is 10.0 Å². The molecule has 0 amide bonds. The molecule has 134 valence electrons. The molecular weight excluding hydrogens is 328 g/mol. The van der Waals surface area contributed by atoms with Crippen LogP contribution in [0.1, 0.15) is 24.8 Å². The summed E-state index contributed by atoms with van der Waals surface area (Å²) in [5.41, 5.74) is 6.88. The molecule has 1 heterocycles. The Morgan fingerprint density at radius 3 is 2.42 bits per heavy atom. The SMILES string of the molecule is COc1cc(C)c(S(=O)(=O)N2CC3CCCC(N)C3C2)cc1OC. The normalized spacial score (nSPS) is 27.8. The van der Waals surface area contributed by atoms with Crippen molar-refractivity contribution in [3.63, 3.8) is 0 Å². The highest BCUT2D eigenvalue weighted by molar-refractivity contribution is 7.89. The summed E-state index contributed by atoms with van der Waals surface area (Å²) < 4.78 is 38.4. The van der Waals surface area contributed by atoms with Gasteiger partial charge < -0.3 is 15.2 Å². The van der Waals surface area contributed by atoms with Crippen molar-refractivity contribution in [3.8, 4) is 11.5 Å². The number of hydrogen-bond acceptors (Lipinski definition) is 5. The first kappa shape index (κ1) is 17.5. The number of fused-ring (bicyclic) bond motifs is 1. The number of nitrogens with two attached hydrogens (primary N) is 1. The second-order valence-electron chi connectivity index (χ2n) is 6.81. The van der Waals surface area contributed by atoms with Crippen LogP contribution in [0.2, 0.25) is 0 Å². The van der Waals surface area contributed by atoms with Crippen LogP contribution in [0.25, 0.3) is 0 Å². The maximum atomic E-state index is 13.2. The van der Waals surface area contributed by atoms with Crippen LogP contribution in [0, 0.1) is 18.8 Å². The van der Waals surface area contributed by atoms with Gasteiger partial charge in [0, 0.05) is 25.2 Å². The molecule has 0 bridgehead atoms. The number of ether oxygens (including phenoxy) is 2. The Kier molecular flexibility index (Phi) is 4.77. The fourth-order valence-electron chi connectivity index (χ4n) is 4.05. The molecule has 0 radical (unpaired) electrons. The average Bonchev–Trinajstić information content (AvgIpc) is 3.00. The number of sulfonamides is 1. The molecular formula is C17H26N2O4S. The maximum absolute atomic E-state index is 13.2. The van der Waals surface area contributed by atoms with E-state index in [1.54, 1.807) is 23.4 Å². The van der Waals surface area contributed by atoms with E-state index in [4.69, 9.17) is 15.2 Å². The molecule has 7 heteroatoms. The highest BCUT2D eigenvalue weighted by atomic mass is 32.2. The minimum atomic E-state index is -3.57. The number of hydrogen-bond donors (Lipinski definition) is 1. The quantitative estimate of drug-likeness (QED) is 0.891. The molecule has 1 aliphatic carbocycles. The molecule has 0 spiro atoms. The lowest BCUT2D eigenvalue weighted by atomic mass is 9.78. The Balaban J connectivity index is 1.94. The standard InChI is InChI=1S/C17H26N2O4S/c1-11-7-15(22-2)16(23-3)8-17(11)24(20,21)19-9-12-5-4-6-14(18)13(12)10-19/h7-8,12-14H,4-6,9-10,18H2,1-3H3. The van der Waals surface area contributed by atoms with E-state index in [-0.39, 0.29) is 16.9 Å². The Bertz CT molecular complexity index is 720. The van der Waals surface area contributed by atoms with Gasteiger partial charge in [-0.25, -0.2) is 8.42 Å². The van der Waals surface area contributed by atoms with Crippen LogP contribution in [0.4, 0.5) is 0 Å². The van der Waals surface area contributed by atoms with Gasteiger partial charge in [0.1, 0.15) is 0 Å². The van der Waals surface area contributed by atoms with Gasteiger partial charge in [0.25, 0.3) is 0 Å². The average molecular weight is 354 g/mol. The van der Waals surface area contributed by atoms with E-state index in [0.717, 1.165) is 19.3 Å². The second kappa shape index (κ2) is 6.54. The highest BCUT2D eigenvalue weighted by Gasteiger charge is 2.43. The minimum absolute atomic E-state index is 0.107. The van der Waals surface area contributed by atoms with Gasteiger partial charge in [-0.1, -0.05) is 6.42 Å². The molecule has 3 atom stereocenters. The molecule has 2 N–H and O–H groups in total. The lowest BCUT2D eigenvalue weighted by Gasteiger charge is -2.29. The number of methoxy groups -OCH3 is 2. The van der Waals surface area contributed by atoms with Crippen molar-refractivity contribution in [2.24, 2.45) is 17.6 Å². The Hall–Kier alpha value is -1.31. The van der Waals surface area contributed by atoms with Crippen molar-refractivity contribution in [1.29, 1.82) is 0 Å². The summed E-state index contributed by atoms with van der Waals surface area (Å²) in [7, 11) is -0.520. The molecule has 0 aromatic heterocycles. The van der Waals surface area contributed by atoms with Crippen molar-refractivity contribution in [2.75, 3.05) is 27.3 Å². The zero-order valence-electron chi connectivity index (χ0n) is 14.5. The monoisotopic (exact) mass is 354 g/mol. The summed E-state index contributed by atoms with van der Waals surface area (Å²) in [5, 5.41) is 0. The van der Waals surface area contributed by atoms with Gasteiger partial charge in [0.2, 0.25) is 10.0 Å². The lowest BCUT2D eigenvalue weighted by Crippen LogP contribution is -2.38. The molecule has 24 heavy (non-hydrogen) atoms. The minimum Gasteiger partial charge on any atom is -0.493 e. The van der Waals surface area contributed by atoms with Crippen molar-refractivity contribution in [1.82, 2.24) is 4.31 Å². The molecule has 1 aromatic carbocycles. The summed E-state index contributed by atoms with van der Waals surface area (Å²) in [6, 6.07) is 3.38. The Labute approximate surface area is 144 Å². The largest absolute Gasteiger partial charge is 0.493 e. The third-order valence-electron chi connectivity index (χ3n) is 5.42. The lowest BCUT2D eigenvalue weighted by molar-refractivity contribution is 0.260. The Morgan fingerprint density at radius 1 is 1.12 bits per heavy atom. The van der Waals surface area contributed by atoms with E-state index in [1.807, 2.05) is 0 Å². The molecule has 1 aromatic rings. The molecule has 6 nitrogen and oxygen atoms in total. The van der Waals surface area contributed by atoms with Crippen LogP contribution in [0.3, 0.4) is 0 Å². The van der Waals surface area contributed by atoms with E-state index in [2.05, 4.69) is 0 Å². The van der Waals surface area contributed by atoms with Crippen molar-refractivity contribution < 1.29 is 17.9 Å². The maximum Gasteiger partial charge on any atom is 0.243 e. The summed E-state index contributed by atoms with van der Waals surface area (Å²) >= 11 is 0. The van der Waals surface area contributed by atoms with Gasteiger partial charge >= 0.3 is 0 Å². The Morgan fingerprint density at radius 2 is 1.79 bits per heavy atom. The fraction of sp³-hybridized carbons (Fsp3) is 0.647. The van der Waals surface area contributed by atoms with Crippen LogP contribution in [-0.4, -0.2) is 46.1 Å². The predicted molar refractivity (Wildman–Crippen MR) is 91.8 cm³/mol. The first-order valence-electron chi connectivity index (χ1n) is 8.36.